The van der Waals surface area contributed by atoms with Crippen LogP contribution in [0.15, 0.2) is 6.07 Å². The van der Waals surface area contributed by atoms with E-state index < -0.39 is 0 Å². The van der Waals surface area contributed by atoms with Crippen molar-refractivity contribution in [1.82, 2.24) is 4.90 Å². The van der Waals surface area contributed by atoms with Crippen LogP contribution in [0, 0.1) is 20.8 Å². The maximum Gasteiger partial charge on any atom is 0.122 e. The number of likely N-dealkylation sites (N-methyl/N-ethyl adjacent to an activating group) is 1. The first kappa shape index (κ1) is 15.0. The molecule has 0 bridgehead atoms. The number of nitrogens with zero attached hydrogens (tertiary/aromatic N) is 1. The number of hydrogen-bond acceptors (Lipinski definition) is 3. The van der Waals surface area contributed by atoms with E-state index in [9.17, 15) is 0 Å². The standard InChI is InChI=1S/C15H26N2O/c1-10-7-15(18-6)13(4)12(3)14(10)9-17(5)11(2)8-16/h7,11H,8-9,16H2,1-6H3. The lowest BCUT2D eigenvalue weighted by Gasteiger charge is -2.26. The van der Waals surface area contributed by atoms with Crippen LogP contribution in [-0.2, 0) is 6.54 Å². The molecule has 0 amide bonds. The fourth-order valence-corrected chi connectivity index (χ4v) is 2.14. The van der Waals surface area contributed by atoms with Crippen LogP contribution >= 0.6 is 0 Å². The zero-order chi connectivity index (χ0) is 13.9. The van der Waals surface area contributed by atoms with Gasteiger partial charge in [0.05, 0.1) is 7.11 Å². The largest absolute Gasteiger partial charge is 0.496 e. The Labute approximate surface area is 111 Å². The lowest BCUT2D eigenvalue weighted by atomic mass is 9.96. The van der Waals surface area contributed by atoms with Gasteiger partial charge < -0.3 is 10.5 Å². The molecule has 1 aromatic carbocycles. The number of benzene rings is 1. The van der Waals surface area contributed by atoms with Crippen LogP contribution in [0.25, 0.3) is 0 Å². The molecule has 0 aliphatic carbocycles. The predicted octanol–water partition coefficient (Wildman–Crippen LogP) is 2.40. The minimum absolute atomic E-state index is 0.395. The summed E-state index contributed by atoms with van der Waals surface area (Å²) in [5.74, 6) is 0.975. The SMILES string of the molecule is COc1cc(C)c(CN(C)C(C)CN)c(C)c1C. The zero-order valence-corrected chi connectivity index (χ0v) is 12.5. The second-order valence-corrected chi connectivity index (χ2v) is 5.12. The predicted molar refractivity (Wildman–Crippen MR) is 77.2 cm³/mol. The minimum atomic E-state index is 0.395. The number of nitrogens with two attached hydrogens (primary N) is 1. The summed E-state index contributed by atoms with van der Waals surface area (Å²) in [6, 6.07) is 2.52. The summed E-state index contributed by atoms with van der Waals surface area (Å²) in [5.41, 5.74) is 10.9. The Kier molecular flexibility index (Phi) is 5.17. The number of hydrogen-bond donors (Lipinski definition) is 1. The van der Waals surface area contributed by atoms with Crippen LogP contribution in [0.5, 0.6) is 5.75 Å². The van der Waals surface area contributed by atoms with Crippen LogP contribution in [0.1, 0.15) is 29.2 Å². The highest BCUT2D eigenvalue weighted by Gasteiger charge is 2.14. The number of ether oxygens (including phenoxy) is 1. The van der Waals surface area contributed by atoms with Crippen molar-refractivity contribution >= 4 is 0 Å². The van der Waals surface area contributed by atoms with E-state index in [1.54, 1.807) is 7.11 Å². The van der Waals surface area contributed by atoms with Crippen LogP contribution in [0.3, 0.4) is 0 Å². The summed E-state index contributed by atoms with van der Waals surface area (Å²) in [6.07, 6.45) is 0. The van der Waals surface area contributed by atoms with Gasteiger partial charge in [0.25, 0.3) is 0 Å². The molecule has 3 heteroatoms. The van der Waals surface area contributed by atoms with Crippen molar-refractivity contribution in [2.75, 3.05) is 20.7 Å². The molecule has 0 saturated carbocycles. The van der Waals surface area contributed by atoms with Crippen molar-refractivity contribution in [1.29, 1.82) is 0 Å². The second kappa shape index (κ2) is 6.21. The molecule has 1 rings (SSSR count). The van der Waals surface area contributed by atoms with Crippen molar-refractivity contribution in [3.05, 3.63) is 28.3 Å². The van der Waals surface area contributed by atoms with E-state index in [1.165, 1.54) is 22.3 Å². The first-order valence-corrected chi connectivity index (χ1v) is 6.46. The lowest BCUT2D eigenvalue weighted by Crippen LogP contribution is -2.35. The molecule has 0 heterocycles. The molecule has 1 atom stereocenters. The molecule has 0 spiro atoms. The Morgan fingerprint density at radius 2 is 1.89 bits per heavy atom. The average molecular weight is 250 g/mol. The average Bonchev–Trinajstić information content (AvgIpc) is 2.37. The van der Waals surface area contributed by atoms with E-state index >= 15 is 0 Å². The van der Waals surface area contributed by atoms with E-state index in [-0.39, 0.29) is 0 Å². The highest BCUT2D eigenvalue weighted by molar-refractivity contribution is 5.48. The Balaban J connectivity index is 3.07. The van der Waals surface area contributed by atoms with Crippen LogP contribution in [0.4, 0.5) is 0 Å². The lowest BCUT2D eigenvalue weighted by molar-refractivity contribution is 0.253. The third kappa shape index (κ3) is 3.03. The molecule has 3 nitrogen and oxygen atoms in total. The molecule has 2 N–H and O–H groups in total. The van der Waals surface area contributed by atoms with Gasteiger partial charge in [-0.05, 0) is 63.1 Å². The number of rotatable bonds is 5. The molecular formula is C15H26N2O. The molecular weight excluding hydrogens is 224 g/mol. The molecule has 0 aromatic heterocycles. The molecule has 18 heavy (non-hydrogen) atoms. The van der Waals surface area contributed by atoms with Crippen molar-refractivity contribution in [3.8, 4) is 5.75 Å². The summed E-state index contributed by atoms with van der Waals surface area (Å²) in [4.78, 5) is 2.29. The summed E-state index contributed by atoms with van der Waals surface area (Å²) < 4.78 is 5.40. The normalized spacial score (nSPS) is 12.9. The summed E-state index contributed by atoms with van der Waals surface area (Å²) in [5, 5.41) is 0. The fraction of sp³-hybridized carbons (Fsp3) is 0.600. The minimum Gasteiger partial charge on any atom is -0.496 e. The van der Waals surface area contributed by atoms with E-state index in [1.807, 2.05) is 0 Å². The van der Waals surface area contributed by atoms with Crippen molar-refractivity contribution in [2.24, 2.45) is 5.73 Å². The third-order valence-electron chi connectivity index (χ3n) is 3.93. The van der Waals surface area contributed by atoms with Gasteiger partial charge in [0, 0.05) is 19.1 Å². The van der Waals surface area contributed by atoms with E-state index in [2.05, 4.69) is 45.7 Å². The molecule has 0 fully saturated rings. The van der Waals surface area contributed by atoms with Crippen molar-refractivity contribution in [2.45, 2.75) is 40.3 Å². The molecule has 1 unspecified atom stereocenters. The van der Waals surface area contributed by atoms with Crippen LogP contribution in [-0.4, -0.2) is 31.6 Å². The summed E-state index contributed by atoms with van der Waals surface area (Å²) in [7, 11) is 3.85. The van der Waals surface area contributed by atoms with Gasteiger partial charge in [0.1, 0.15) is 5.75 Å². The van der Waals surface area contributed by atoms with E-state index in [0.717, 1.165) is 12.3 Å². The molecule has 0 radical (unpaired) electrons. The van der Waals surface area contributed by atoms with Gasteiger partial charge in [-0.2, -0.15) is 0 Å². The van der Waals surface area contributed by atoms with Crippen molar-refractivity contribution in [3.63, 3.8) is 0 Å². The fourth-order valence-electron chi connectivity index (χ4n) is 2.14. The van der Waals surface area contributed by atoms with Gasteiger partial charge in [-0.25, -0.2) is 0 Å². The molecule has 0 aliphatic heterocycles. The van der Waals surface area contributed by atoms with Gasteiger partial charge in [0.2, 0.25) is 0 Å². The van der Waals surface area contributed by atoms with Gasteiger partial charge in [-0.15, -0.1) is 0 Å². The summed E-state index contributed by atoms with van der Waals surface area (Å²) in [6.45, 7) is 10.2. The Morgan fingerprint density at radius 3 is 2.39 bits per heavy atom. The molecule has 0 saturated heterocycles. The third-order valence-corrected chi connectivity index (χ3v) is 3.93. The Hall–Kier alpha value is -1.06. The molecule has 1 aromatic rings. The molecule has 102 valence electrons. The Bertz CT molecular complexity index is 415. The first-order valence-electron chi connectivity index (χ1n) is 6.46. The number of methoxy groups -OCH3 is 1. The molecule has 0 aliphatic rings. The summed E-state index contributed by atoms with van der Waals surface area (Å²) >= 11 is 0. The van der Waals surface area contributed by atoms with Gasteiger partial charge >= 0.3 is 0 Å². The van der Waals surface area contributed by atoms with Gasteiger partial charge in [-0.3, -0.25) is 4.90 Å². The highest BCUT2D eigenvalue weighted by atomic mass is 16.5. The zero-order valence-electron chi connectivity index (χ0n) is 12.5. The maximum absolute atomic E-state index is 5.72. The monoisotopic (exact) mass is 250 g/mol. The smallest absolute Gasteiger partial charge is 0.122 e. The van der Waals surface area contributed by atoms with Crippen LogP contribution in [0.2, 0.25) is 0 Å². The first-order chi connectivity index (χ1) is 8.42. The van der Waals surface area contributed by atoms with E-state index in [4.69, 9.17) is 10.5 Å². The second-order valence-electron chi connectivity index (χ2n) is 5.12. The van der Waals surface area contributed by atoms with E-state index in [0.29, 0.717) is 12.6 Å². The topological polar surface area (TPSA) is 38.5 Å². The quantitative estimate of drug-likeness (QED) is 0.872. The highest BCUT2D eigenvalue weighted by Crippen LogP contribution is 2.28. The van der Waals surface area contributed by atoms with Crippen LogP contribution < -0.4 is 10.5 Å². The Morgan fingerprint density at radius 1 is 1.28 bits per heavy atom. The van der Waals surface area contributed by atoms with Crippen molar-refractivity contribution < 1.29 is 4.74 Å². The van der Waals surface area contributed by atoms with Gasteiger partial charge in [0.15, 0.2) is 0 Å². The maximum atomic E-state index is 5.72. The van der Waals surface area contributed by atoms with Gasteiger partial charge in [-0.1, -0.05) is 0 Å². The number of aryl methyl sites for hydroxylation is 1.